The Labute approximate surface area is 316 Å². The first-order valence-electron chi connectivity index (χ1n) is 18.5. The maximum absolute atomic E-state index is 6.23. The summed E-state index contributed by atoms with van der Waals surface area (Å²) in [7, 11) is 0. The lowest BCUT2D eigenvalue weighted by Gasteiger charge is -2.26. The Morgan fingerprint density at radius 3 is 1.85 bits per heavy atom. The summed E-state index contributed by atoms with van der Waals surface area (Å²) in [6, 6.07) is 68.3. The Kier molecular flexibility index (Phi) is 7.10. The number of hydrogen-bond donors (Lipinski definition) is 0. The van der Waals surface area contributed by atoms with Crippen molar-refractivity contribution in [2.75, 3.05) is 4.90 Å². The monoisotopic (exact) mass is 704 g/mol. The molecule has 0 saturated heterocycles. The van der Waals surface area contributed by atoms with Crippen LogP contribution in [0.25, 0.3) is 82.5 Å². The molecule has 5 heteroatoms. The summed E-state index contributed by atoms with van der Waals surface area (Å²) in [4.78, 5) is 4.08. The minimum atomic E-state index is 0.874. The van der Waals surface area contributed by atoms with Crippen LogP contribution in [-0.4, -0.2) is 15.0 Å². The molecule has 0 bridgehead atoms. The Bertz CT molecular complexity index is 3220. The predicted octanol–water partition coefficient (Wildman–Crippen LogP) is 13.4. The highest BCUT2D eigenvalue weighted by molar-refractivity contribution is 6.18. The lowest BCUT2D eigenvalue weighted by atomic mass is 9.96. The molecule has 0 atom stereocenters. The number of rotatable bonds is 6. The minimum absolute atomic E-state index is 0.874. The largest absolute Gasteiger partial charge is 0.456 e. The van der Waals surface area contributed by atoms with Crippen LogP contribution in [0.2, 0.25) is 0 Å². The Morgan fingerprint density at radius 1 is 0.400 bits per heavy atom. The summed E-state index contributed by atoms with van der Waals surface area (Å²) in [6.07, 6.45) is 0. The molecule has 0 amide bonds. The average Bonchev–Trinajstić information content (AvgIpc) is 3.86. The van der Waals surface area contributed by atoms with Gasteiger partial charge in [0.2, 0.25) is 0 Å². The van der Waals surface area contributed by atoms with Gasteiger partial charge in [0.05, 0.1) is 5.69 Å². The van der Waals surface area contributed by atoms with Gasteiger partial charge in [-0.2, -0.15) is 4.80 Å². The van der Waals surface area contributed by atoms with E-state index >= 15 is 0 Å². The molecule has 0 radical (unpaired) electrons. The van der Waals surface area contributed by atoms with Crippen molar-refractivity contribution < 1.29 is 4.42 Å². The molecule has 0 spiro atoms. The van der Waals surface area contributed by atoms with Crippen molar-refractivity contribution in [2.24, 2.45) is 0 Å². The quantitative estimate of drug-likeness (QED) is 0.162. The molecule has 9 aromatic carbocycles. The van der Waals surface area contributed by atoms with E-state index in [0.29, 0.717) is 0 Å². The van der Waals surface area contributed by atoms with E-state index in [1.807, 2.05) is 42.5 Å². The number of para-hydroxylation sites is 2. The van der Waals surface area contributed by atoms with Crippen molar-refractivity contribution in [1.29, 1.82) is 0 Å². The third-order valence-corrected chi connectivity index (χ3v) is 10.6. The number of fused-ring (bicyclic) bond motifs is 8. The van der Waals surface area contributed by atoms with Gasteiger partial charge in [0.1, 0.15) is 22.2 Å². The molecule has 0 aliphatic carbocycles. The average molecular weight is 705 g/mol. The van der Waals surface area contributed by atoms with Crippen LogP contribution in [0.5, 0.6) is 0 Å². The molecular weight excluding hydrogens is 673 g/mol. The van der Waals surface area contributed by atoms with Crippen molar-refractivity contribution in [2.45, 2.75) is 0 Å². The second kappa shape index (κ2) is 12.6. The van der Waals surface area contributed by atoms with Crippen molar-refractivity contribution >= 4 is 71.6 Å². The molecule has 0 saturated carbocycles. The van der Waals surface area contributed by atoms with Crippen LogP contribution in [0.3, 0.4) is 0 Å². The fraction of sp³-hybridized carbons (Fsp3) is 0. The molecule has 0 unspecified atom stereocenters. The first-order valence-corrected chi connectivity index (χ1v) is 18.5. The Hall–Kier alpha value is -7.50. The Morgan fingerprint density at radius 2 is 1.04 bits per heavy atom. The van der Waals surface area contributed by atoms with Crippen LogP contribution in [-0.2, 0) is 0 Å². The zero-order valence-electron chi connectivity index (χ0n) is 29.7. The third-order valence-electron chi connectivity index (χ3n) is 10.6. The normalized spacial score (nSPS) is 11.6. The molecule has 0 aliphatic heterocycles. The number of aromatic nitrogens is 3. The highest BCUT2D eigenvalue weighted by atomic mass is 16.3. The van der Waals surface area contributed by atoms with Gasteiger partial charge < -0.3 is 9.32 Å². The summed E-state index contributed by atoms with van der Waals surface area (Å²) in [6.45, 7) is 0. The molecule has 55 heavy (non-hydrogen) atoms. The van der Waals surface area contributed by atoms with Gasteiger partial charge in [-0.25, -0.2) is 0 Å². The number of anilines is 3. The third kappa shape index (κ3) is 5.33. The molecule has 11 aromatic rings. The predicted molar refractivity (Wildman–Crippen MR) is 227 cm³/mol. The number of benzene rings is 9. The zero-order chi connectivity index (χ0) is 36.3. The summed E-state index contributed by atoms with van der Waals surface area (Å²) in [5, 5.41) is 16.6. The summed E-state index contributed by atoms with van der Waals surface area (Å²) < 4.78 is 6.23. The first kappa shape index (κ1) is 31.1. The van der Waals surface area contributed by atoms with E-state index in [-0.39, 0.29) is 0 Å². The lowest BCUT2D eigenvalue weighted by Crippen LogP contribution is -2.10. The maximum Gasteiger partial charge on any atom is 0.135 e. The van der Waals surface area contributed by atoms with E-state index in [0.717, 1.165) is 94.0 Å². The Balaban J connectivity index is 1.05. The van der Waals surface area contributed by atoms with Crippen LogP contribution in [0.4, 0.5) is 17.1 Å². The van der Waals surface area contributed by atoms with Crippen LogP contribution < -0.4 is 4.90 Å². The van der Waals surface area contributed by atoms with Gasteiger partial charge in [-0.1, -0.05) is 121 Å². The van der Waals surface area contributed by atoms with E-state index in [1.54, 1.807) is 4.80 Å². The molecule has 0 N–H and O–H groups in total. The molecule has 11 rings (SSSR count). The summed E-state index contributed by atoms with van der Waals surface area (Å²) in [5.74, 6) is 0. The van der Waals surface area contributed by atoms with E-state index < -0.39 is 0 Å². The molecule has 2 heterocycles. The van der Waals surface area contributed by atoms with Gasteiger partial charge in [0.15, 0.2) is 0 Å². The van der Waals surface area contributed by atoms with Crippen LogP contribution in [0.1, 0.15) is 0 Å². The van der Waals surface area contributed by atoms with Crippen molar-refractivity contribution in [3.63, 3.8) is 0 Å². The topological polar surface area (TPSA) is 47.1 Å². The van der Waals surface area contributed by atoms with Crippen molar-refractivity contribution in [3.05, 3.63) is 194 Å². The van der Waals surface area contributed by atoms with E-state index in [4.69, 9.17) is 14.6 Å². The van der Waals surface area contributed by atoms with Gasteiger partial charge in [0.25, 0.3) is 0 Å². The second-order valence-electron chi connectivity index (χ2n) is 13.9. The van der Waals surface area contributed by atoms with Gasteiger partial charge in [0, 0.05) is 33.2 Å². The number of nitrogens with zero attached hydrogens (tertiary/aromatic N) is 4. The molecule has 5 nitrogen and oxygen atoms in total. The molecule has 0 aliphatic rings. The molecular formula is C50H32N4O. The summed E-state index contributed by atoms with van der Waals surface area (Å²) in [5.41, 5.74) is 12.3. The van der Waals surface area contributed by atoms with Crippen molar-refractivity contribution in [1.82, 2.24) is 15.0 Å². The standard InChI is InChI=1S/C50H32N4O/c1-3-11-33(12-4-1)35-13-9-17-40(30-35)53(42-25-28-48-45(32-42)44-19-7-8-20-47(44)55-48)41-18-10-14-36(31-41)37-23-26-43-38(29-37)22-21-34-24-27-46-50(49(34)43)52-54(51-46)39-15-5-2-6-16-39/h1-32H. The molecule has 0 fully saturated rings. The number of hydrogen-bond acceptors (Lipinski definition) is 4. The second-order valence-corrected chi connectivity index (χ2v) is 13.9. The molecule has 258 valence electrons. The highest BCUT2D eigenvalue weighted by Crippen LogP contribution is 2.41. The highest BCUT2D eigenvalue weighted by Gasteiger charge is 2.18. The fourth-order valence-corrected chi connectivity index (χ4v) is 7.96. The summed E-state index contributed by atoms with van der Waals surface area (Å²) >= 11 is 0. The maximum atomic E-state index is 6.23. The number of furan rings is 1. The SMILES string of the molecule is c1ccc(-c2cccc(N(c3cccc(-c4ccc5c(ccc6ccc7nn(-c8ccccc8)nc7c65)c4)c3)c3ccc4oc5ccccc5c4c3)c2)cc1. The van der Waals surface area contributed by atoms with Crippen LogP contribution in [0.15, 0.2) is 199 Å². The smallest absolute Gasteiger partial charge is 0.135 e. The van der Waals surface area contributed by atoms with Gasteiger partial charge in [-0.15, -0.1) is 10.2 Å². The van der Waals surface area contributed by atoms with Crippen LogP contribution in [0, 0.1) is 0 Å². The van der Waals surface area contributed by atoms with E-state index in [2.05, 4.69) is 157 Å². The van der Waals surface area contributed by atoms with Gasteiger partial charge >= 0.3 is 0 Å². The fourth-order valence-electron chi connectivity index (χ4n) is 7.96. The van der Waals surface area contributed by atoms with E-state index in [1.165, 1.54) is 5.56 Å². The van der Waals surface area contributed by atoms with Crippen molar-refractivity contribution in [3.8, 4) is 27.9 Å². The first-order chi connectivity index (χ1) is 27.2. The van der Waals surface area contributed by atoms with Gasteiger partial charge in [-0.3, -0.25) is 0 Å². The zero-order valence-corrected chi connectivity index (χ0v) is 29.7. The van der Waals surface area contributed by atoms with E-state index in [9.17, 15) is 0 Å². The minimum Gasteiger partial charge on any atom is -0.456 e. The lowest BCUT2D eigenvalue weighted by molar-refractivity contribution is 0.669. The van der Waals surface area contributed by atoms with Crippen LogP contribution >= 0.6 is 0 Å². The molecule has 2 aromatic heterocycles. The van der Waals surface area contributed by atoms with Gasteiger partial charge in [-0.05, 0) is 111 Å².